The van der Waals surface area contributed by atoms with Crippen molar-refractivity contribution < 1.29 is 4.74 Å². The molecular formula is C16H16N2O2S. The van der Waals surface area contributed by atoms with Crippen LogP contribution in [0.25, 0.3) is 21.2 Å². The van der Waals surface area contributed by atoms with Gasteiger partial charge in [0.25, 0.3) is 0 Å². The molecule has 0 aliphatic carbocycles. The van der Waals surface area contributed by atoms with Crippen molar-refractivity contribution in [1.29, 1.82) is 0 Å². The highest BCUT2D eigenvalue weighted by Crippen LogP contribution is 2.34. The molecule has 0 atom stereocenters. The molecule has 2 aromatic heterocycles. The molecule has 0 saturated heterocycles. The number of nitrogens with zero attached hydrogens (tertiary/aromatic N) is 2. The van der Waals surface area contributed by atoms with E-state index in [2.05, 4.69) is 17.2 Å². The minimum Gasteiger partial charge on any atom is -0.491 e. The van der Waals surface area contributed by atoms with Crippen molar-refractivity contribution in [1.82, 2.24) is 9.78 Å². The summed E-state index contributed by atoms with van der Waals surface area (Å²) in [6.07, 6.45) is 1.71. The third-order valence-electron chi connectivity index (χ3n) is 3.44. The minimum atomic E-state index is -0.197. The van der Waals surface area contributed by atoms with Gasteiger partial charge in [0.2, 0.25) is 0 Å². The van der Waals surface area contributed by atoms with Crippen molar-refractivity contribution in [2.45, 2.75) is 19.9 Å². The summed E-state index contributed by atoms with van der Waals surface area (Å²) in [6.45, 7) is 3.85. The van der Waals surface area contributed by atoms with Crippen molar-refractivity contribution in [2.24, 2.45) is 0 Å². The molecule has 4 nitrogen and oxygen atoms in total. The lowest BCUT2D eigenvalue weighted by Gasteiger charge is -2.13. The molecule has 0 amide bonds. The van der Waals surface area contributed by atoms with Crippen molar-refractivity contribution >= 4 is 21.4 Å². The molecule has 3 aromatic rings. The van der Waals surface area contributed by atoms with Crippen molar-refractivity contribution in [2.75, 3.05) is 7.11 Å². The maximum Gasteiger partial charge on any atom is 0.309 e. The molecule has 0 N–H and O–H groups in total. The number of methoxy groups -OCH3 is 1. The third-order valence-corrected chi connectivity index (χ3v) is 4.32. The van der Waals surface area contributed by atoms with E-state index in [0.717, 1.165) is 16.5 Å². The highest BCUT2D eigenvalue weighted by atomic mass is 32.1. The summed E-state index contributed by atoms with van der Waals surface area (Å²) < 4.78 is 8.00. The summed E-state index contributed by atoms with van der Waals surface area (Å²) in [5.74, 6) is 0.345. The lowest BCUT2D eigenvalue weighted by atomic mass is 10.0. The number of hydrogen-bond donors (Lipinski definition) is 0. The number of thiophene rings is 1. The second-order valence-corrected chi connectivity index (χ2v) is 6.02. The van der Waals surface area contributed by atoms with Crippen LogP contribution >= 0.6 is 11.3 Å². The summed E-state index contributed by atoms with van der Waals surface area (Å²) in [7, 11) is 1.53. The molecule has 0 fully saturated rings. The highest BCUT2D eigenvalue weighted by Gasteiger charge is 2.16. The Morgan fingerprint density at radius 3 is 2.76 bits per heavy atom. The van der Waals surface area contributed by atoms with Crippen LogP contribution in [-0.4, -0.2) is 16.9 Å². The van der Waals surface area contributed by atoms with Gasteiger partial charge in [0.1, 0.15) is 0 Å². The fourth-order valence-corrected chi connectivity index (χ4v) is 3.25. The average Bonchev–Trinajstić information content (AvgIpc) is 2.94. The first-order chi connectivity index (χ1) is 10.1. The van der Waals surface area contributed by atoms with Gasteiger partial charge < -0.3 is 4.74 Å². The van der Waals surface area contributed by atoms with Crippen molar-refractivity contribution in [3.63, 3.8) is 0 Å². The minimum absolute atomic E-state index is 0.00242. The quantitative estimate of drug-likeness (QED) is 0.740. The molecule has 3 rings (SSSR count). The predicted molar refractivity (Wildman–Crippen MR) is 86.3 cm³/mol. The van der Waals surface area contributed by atoms with Gasteiger partial charge in [0, 0.05) is 10.1 Å². The van der Waals surface area contributed by atoms with Gasteiger partial charge in [-0.1, -0.05) is 12.1 Å². The Balaban J connectivity index is 2.30. The fraction of sp³-hybridized carbons (Fsp3) is 0.250. The normalized spacial score (nSPS) is 11.2. The van der Waals surface area contributed by atoms with Crippen LogP contribution in [0.4, 0.5) is 0 Å². The molecule has 108 valence electrons. The number of hydrogen-bond acceptors (Lipinski definition) is 4. The van der Waals surface area contributed by atoms with Crippen molar-refractivity contribution in [3.8, 4) is 16.9 Å². The molecule has 5 heteroatoms. The zero-order chi connectivity index (χ0) is 15.0. The van der Waals surface area contributed by atoms with E-state index in [4.69, 9.17) is 4.74 Å². The molecule has 0 unspecified atom stereocenters. The molecule has 21 heavy (non-hydrogen) atoms. The molecule has 0 radical (unpaired) electrons. The third kappa shape index (κ3) is 2.23. The van der Waals surface area contributed by atoms with Gasteiger partial charge in [-0.3, -0.25) is 4.79 Å². The van der Waals surface area contributed by atoms with Gasteiger partial charge in [-0.05, 0) is 36.9 Å². The molecule has 2 heterocycles. The van der Waals surface area contributed by atoms with E-state index in [1.165, 1.54) is 16.5 Å². The van der Waals surface area contributed by atoms with Gasteiger partial charge in [0.05, 0.1) is 24.9 Å². The average molecular weight is 300 g/mol. The summed E-state index contributed by atoms with van der Waals surface area (Å²) in [4.78, 5) is 12.5. The Labute approximate surface area is 126 Å². The van der Waals surface area contributed by atoms with E-state index < -0.39 is 0 Å². The largest absolute Gasteiger partial charge is 0.491 e. The zero-order valence-electron chi connectivity index (χ0n) is 12.2. The first-order valence-corrected chi connectivity index (χ1v) is 7.64. The monoisotopic (exact) mass is 300 g/mol. The molecule has 0 aliphatic heterocycles. The highest BCUT2D eigenvalue weighted by molar-refractivity contribution is 7.17. The van der Waals surface area contributed by atoms with E-state index in [-0.39, 0.29) is 11.6 Å². The predicted octanol–water partition coefficient (Wildman–Crippen LogP) is 3.71. The number of aromatic nitrogens is 2. The first-order valence-electron chi connectivity index (χ1n) is 6.76. The fourth-order valence-electron chi connectivity index (χ4n) is 2.44. The van der Waals surface area contributed by atoms with Crippen LogP contribution < -0.4 is 10.3 Å². The maximum absolute atomic E-state index is 12.5. The van der Waals surface area contributed by atoms with E-state index in [0.29, 0.717) is 5.75 Å². The molecule has 0 saturated carbocycles. The number of ether oxygens (including phenoxy) is 1. The Morgan fingerprint density at radius 1 is 1.24 bits per heavy atom. The smallest absolute Gasteiger partial charge is 0.309 e. The number of rotatable bonds is 3. The van der Waals surface area contributed by atoms with E-state index in [1.54, 1.807) is 17.5 Å². The van der Waals surface area contributed by atoms with Crippen LogP contribution in [-0.2, 0) is 0 Å². The standard InChI is InChI=1S/C16H16N2O2S/c1-10(2)18-16(19)15(20-3)13(9-17-18)11-5-4-6-14-12(11)7-8-21-14/h4-10H,1-3H3. The summed E-state index contributed by atoms with van der Waals surface area (Å²) in [6, 6.07) is 8.11. The van der Waals surface area contributed by atoms with Crippen molar-refractivity contribution in [3.05, 3.63) is 46.2 Å². The Hall–Kier alpha value is -2.14. The van der Waals surface area contributed by atoms with Crippen LogP contribution in [0.3, 0.4) is 0 Å². The molecular weight excluding hydrogens is 284 g/mol. The summed E-state index contributed by atoms with van der Waals surface area (Å²) in [5, 5.41) is 7.44. The van der Waals surface area contributed by atoms with E-state index in [9.17, 15) is 4.79 Å². The molecule has 0 spiro atoms. The molecule has 0 bridgehead atoms. The van der Waals surface area contributed by atoms with Gasteiger partial charge in [-0.2, -0.15) is 5.10 Å². The Bertz CT molecular complexity index is 849. The van der Waals surface area contributed by atoms with Crippen LogP contribution in [0.2, 0.25) is 0 Å². The van der Waals surface area contributed by atoms with Crippen LogP contribution in [0.15, 0.2) is 40.6 Å². The Kier molecular flexibility index (Phi) is 3.51. The second-order valence-electron chi connectivity index (χ2n) is 5.07. The Morgan fingerprint density at radius 2 is 2.05 bits per heavy atom. The van der Waals surface area contributed by atoms with Gasteiger partial charge in [0.15, 0.2) is 5.75 Å². The van der Waals surface area contributed by atoms with Gasteiger partial charge >= 0.3 is 5.56 Å². The second kappa shape index (κ2) is 5.33. The van der Waals surface area contributed by atoms with Crippen LogP contribution in [0.5, 0.6) is 5.75 Å². The lowest BCUT2D eigenvalue weighted by molar-refractivity contribution is 0.391. The number of benzene rings is 1. The van der Waals surface area contributed by atoms with Gasteiger partial charge in [-0.25, -0.2) is 4.68 Å². The molecule has 1 aromatic carbocycles. The van der Waals surface area contributed by atoms with Gasteiger partial charge in [-0.15, -0.1) is 11.3 Å². The SMILES string of the molecule is COc1c(-c2cccc3sccc23)cnn(C(C)C)c1=O. The topological polar surface area (TPSA) is 44.1 Å². The number of fused-ring (bicyclic) bond motifs is 1. The summed E-state index contributed by atoms with van der Waals surface area (Å²) in [5.41, 5.74) is 1.52. The first kappa shape index (κ1) is 13.8. The van der Waals surface area contributed by atoms with Crippen LogP contribution in [0, 0.1) is 0 Å². The van der Waals surface area contributed by atoms with Crippen LogP contribution in [0.1, 0.15) is 19.9 Å². The van der Waals surface area contributed by atoms with E-state index in [1.807, 2.05) is 31.4 Å². The molecule has 0 aliphatic rings. The summed E-state index contributed by atoms with van der Waals surface area (Å²) >= 11 is 1.68. The maximum atomic E-state index is 12.5. The lowest BCUT2D eigenvalue weighted by Crippen LogP contribution is -2.26. The zero-order valence-corrected chi connectivity index (χ0v) is 13.0. The van der Waals surface area contributed by atoms with E-state index >= 15 is 0 Å².